The Morgan fingerprint density at radius 2 is 1.77 bits per heavy atom. The fraction of sp³-hybridized carbons (Fsp3) is 0.238. The second kappa shape index (κ2) is 6.93. The van der Waals surface area contributed by atoms with Gasteiger partial charge in [0.2, 0.25) is 0 Å². The largest absolute Gasteiger partial charge is 0.497 e. The first kappa shape index (κ1) is 16.2. The Labute approximate surface area is 152 Å². The molecule has 2 aromatic carbocycles. The summed E-state index contributed by atoms with van der Waals surface area (Å²) in [5.74, 6) is 2.09. The van der Waals surface area contributed by atoms with Crippen molar-refractivity contribution in [3.8, 4) is 34.5 Å². The summed E-state index contributed by atoms with van der Waals surface area (Å²) in [5.41, 5.74) is 4.24. The van der Waals surface area contributed by atoms with Gasteiger partial charge < -0.3 is 9.47 Å². The molecular formula is C21H19N3O2. The number of rotatable bonds is 6. The summed E-state index contributed by atoms with van der Waals surface area (Å²) in [7, 11) is 1.66. The first-order valence-electron chi connectivity index (χ1n) is 8.63. The van der Waals surface area contributed by atoms with Gasteiger partial charge in [-0.25, -0.2) is 4.68 Å². The van der Waals surface area contributed by atoms with Crippen LogP contribution >= 0.6 is 0 Å². The van der Waals surface area contributed by atoms with Gasteiger partial charge in [-0.15, -0.1) is 0 Å². The first-order chi connectivity index (χ1) is 12.8. The highest BCUT2D eigenvalue weighted by Crippen LogP contribution is 2.41. The van der Waals surface area contributed by atoms with Crippen LogP contribution < -0.4 is 9.47 Å². The Balaban J connectivity index is 1.71. The molecule has 1 saturated carbocycles. The Kier molecular flexibility index (Phi) is 4.32. The molecule has 0 amide bonds. The molecule has 0 unspecified atom stereocenters. The molecule has 130 valence electrons. The summed E-state index contributed by atoms with van der Waals surface area (Å²) in [6, 6.07) is 19.8. The third kappa shape index (κ3) is 3.27. The number of nitrogens with zero attached hydrogens (tertiary/aromatic N) is 3. The van der Waals surface area contributed by atoms with Crippen LogP contribution in [0.5, 0.6) is 11.5 Å². The maximum atomic E-state index is 8.63. The van der Waals surface area contributed by atoms with Crippen LogP contribution in [0.3, 0.4) is 0 Å². The van der Waals surface area contributed by atoms with Crippen LogP contribution in [-0.2, 0) is 0 Å². The second-order valence-electron chi connectivity index (χ2n) is 6.31. The summed E-state index contributed by atoms with van der Waals surface area (Å²) in [6.07, 6.45) is 2.42. The Morgan fingerprint density at radius 3 is 2.38 bits per heavy atom. The Bertz CT molecular complexity index is 933. The van der Waals surface area contributed by atoms with Gasteiger partial charge >= 0.3 is 0 Å². The Hall–Kier alpha value is -3.26. The molecule has 1 heterocycles. The number of benzene rings is 2. The monoisotopic (exact) mass is 345 g/mol. The van der Waals surface area contributed by atoms with Gasteiger partial charge in [0, 0.05) is 11.5 Å². The van der Waals surface area contributed by atoms with E-state index >= 15 is 0 Å². The van der Waals surface area contributed by atoms with E-state index in [4.69, 9.17) is 19.8 Å². The van der Waals surface area contributed by atoms with Crippen molar-refractivity contribution in [1.82, 2.24) is 9.78 Å². The molecule has 26 heavy (non-hydrogen) atoms. The molecule has 1 aliphatic carbocycles. The molecule has 1 fully saturated rings. The van der Waals surface area contributed by atoms with Gasteiger partial charge in [0.05, 0.1) is 24.2 Å². The third-order valence-corrected chi connectivity index (χ3v) is 4.49. The number of ether oxygens (including phenoxy) is 2. The summed E-state index contributed by atoms with van der Waals surface area (Å²) in [5, 5.41) is 13.5. The van der Waals surface area contributed by atoms with E-state index in [2.05, 4.69) is 6.07 Å². The zero-order valence-corrected chi connectivity index (χ0v) is 14.6. The summed E-state index contributed by atoms with van der Waals surface area (Å²) < 4.78 is 12.6. The van der Waals surface area contributed by atoms with Crippen molar-refractivity contribution < 1.29 is 9.47 Å². The topological polar surface area (TPSA) is 60.1 Å². The van der Waals surface area contributed by atoms with Gasteiger partial charge in [0.1, 0.15) is 17.6 Å². The molecule has 1 aromatic heterocycles. The molecule has 5 nitrogen and oxygen atoms in total. The molecule has 0 N–H and O–H groups in total. The minimum atomic E-state index is 0.0506. The van der Waals surface area contributed by atoms with Crippen molar-refractivity contribution in [3.63, 3.8) is 0 Å². The quantitative estimate of drug-likeness (QED) is 0.667. The molecule has 0 atom stereocenters. The molecular weight excluding hydrogens is 326 g/mol. The highest BCUT2D eigenvalue weighted by molar-refractivity contribution is 5.64. The van der Waals surface area contributed by atoms with Crippen LogP contribution in [0.2, 0.25) is 0 Å². The fourth-order valence-corrected chi connectivity index (χ4v) is 2.94. The van der Waals surface area contributed by atoms with Crippen LogP contribution in [0.1, 0.15) is 24.5 Å². The number of methoxy groups -OCH3 is 1. The van der Waals surface area contributed by atoms with Crippen molar-refractivity contribution >= 4 is 0 Å². The van der Waals surface area contributed by atoms with E-state index in [1.54, 1.807) is 7.11 Å². The average molecular weight is 345 g/mol. The van der Waals surface area contributed by atoms with E-state index < -0.39 is 0 Å². The van der Waals surface area contributed by atoms with Crippen molar-refractivity contribution in [2.24, 2.45) is 0 Å². The van der Waals surface area contributed by atoms with Crippen molar-refractivity contribution in [1.29, 1.82) is 5.26 Å². The molecule has 0 spiro atoms. The zero-order valence-electron chi connectivity index (χ0n) is 14.6. The lowest BCUT2D eigenvalue weighted by Gasteiger charge is -2.09. The van der Waals surface area contributed by atoms with Crippen molar-refractivity contribution in [2.75, 3.05) is 13.7 Å². The number of nitriles is 1. The SMILES string of the molecule is COc1ccc(-n2nc(C3CC3)cc2-c2ccc(OCC#N)cc2)cc1. The van der Waals surface area contributed by atoms with E-state index in [0.29, 0.717) is 11.7 Å². The van der Waals surface area contributed by atoms with Gasteiger partial charge in [-0.05, 0) is 67.4 Å². The predicted molar refractivity (Wildman–Crippen MR) is 98.6 cm³/mol. The van der Waals surface area contributed by atoms with E-state index in [1.165, 1.54) is 12.8 Å². The van der Waals surface area contributed by atoms with Gasteiger partial charge in [0.25, 0.3) is 0 Å². The van der Waals surface area contributed by atoms with Gasteiger partial charge in [-0.1, -0.05) is 0 Å². The van der Waals surface area contributed by atoms with E-state index in [9.17, 15) is 0 Å². The highest BCUT2D eigenvalue weighted by atomic mass is 16.5. The van der Waals surface area contributed by atoms with Gasteiger partial charge in [-0.2, -0.15) is 10.4 Å². The van der Waals surface area contributed by atoms with Crippen molar-refractivity contribution in [2.45, 2.75) is 18.8 Å². The summed E-state index contributed by atoms with van der Waals surface area (Å²) >= 11 is 0. The molecule has 0 saturated heterocycles. The van der Waals surface area contributed by atoms with Crippen LogP contribution in [-0.4, -0.2) is 23.5 Å². The van der Waals surface area contributed by atoms with E-state index in [1.807, 2.05) is 59.3 Å². The van der Waals surface area contributed by atoms with Crippen LogP contribution in [0.15, 0.2) is 54.6 Å². The maximum absolute atomic E-state index is 8.63. The molecule has 0 aliphatic heterocycles. The molecule has 5 heteroatoms. The normalized spacial score (nSPS) is 13.2. The van der Waals surface area contributed by atoms with E-state index in [0.717, 1.165) is 28.4 Å². The summed E-state index contributed by atoms with van der Waals surface area (Å²) in [6.45, 7) is 0.0506. The lowest BCUT2D eigenvalue weighted by atomic mass is 10.1. The zero-order chi connectivity index (χ0) is 17.9. The predicted octanol–water partition coefficient (Wildman–Crippen LogP) is 4.33. The Morgan fingerprint density at radius 1 is 1.08 bits per heavy atom. The van der Waals surface area contributed by atoms with Crippen LogP contribution in [0.25, 0.3) is 16.9 Å². The number of hydrogen-bond donors (Lipinski definition) is 0. The third-order valence-electron chi connectivity index (χ3n) is 4.49. The molecule has 1 aliphatic rings. The molecule has 4 rings (SSSR count). The minimum Gasteiger partial charge on any atom is -0.497 e. The maximum Gasteiger partial charge on any atom is 0.174 e. The highest BCUT2D eigenvalue weighted by Gasteiger charge is 2.27. The van der Waals surface area contributed by atoms with Gasteiger partial charge in [-0.3, -0.25) is 0 Å². The van der Waals surface area contributed by atoms with Gasteiger partial charge in [0.15, 0.2) is 6.61 Å². The summed E-state index contributed by atoms with van der Waals surface area (Å²) in [4.78, 5) is 0. The molecule has 0 bridgehead atoms. The average Bonchev–Trinajstić information content (AvgIpc) is 3.45. The van der Waals surface area contributed by atoms with Crippen molar-refractivity contribution in [3.05, 3.63) is 60.3 Å². The molecule has 3 aromatic rings. The lowest BCUT2D eigenvalue weighted by molar-refractivity contribution is 0.368. The van der Waals surface area contributed by atoms with Crippen LogP contribution in [0.4, 0.5) is 0 Å². The second-order valence-corrected chi connectivity index (χ2v) is 6.31. The number of hydrogen-bond acceptors (Lipinski definition) is 4. The minimum absolute atomic E-state index is 0.0506. The fourth-order valence-electron chi connectivity index (χ4n) is 2.94. The lowest BCUT2D eigenvalue weighted by Crippen LogP contribution is -2.00. The van der Waals surface area contributed by atoms with E-state index in [-0.39, 0.29) is 6.61 Å². The molecule has 0 radical (unpaired) electrons. The smallest absolute Gasteiger partial charge is 0.174 e. The standard InChI is InChI=1S/C21H19N3O2/c1-25-18-10-6-17(7-11-18)24-21(14-20(23-24)15-2-3-15)16-4-8-19(9-5-16)26-13-12-22/h4-11,14-15H,2-3,13H2,1H3. The number of aromatic nitrogens is 2. The first-order valence-corrected chi connectivity index (χ1v) is 8.63. The van der Waals surface area contributed by atoms with Crippen LogP contribution in [0, 0.1) is 11.3 Å².